The van der Waals surface area contributed by atoms with Gasteiger partial charge in [0, 0.05) is 18.3 Å². The molecule has 0 unspecified atom stereocenters. The van der Waals surface area contributed by atoms with Gasteiger partial charge in [-0.1, -0.05) is 33.6 Å². The predicted octanol–water partition coefficient (Wildman–Crippen LogP) is 5.80. The van der Waals surface area contributed by atoms with Crippen LogP contribution in [0.15, 0.2) is 0 Å². The molecule has 3 nitrogen and oxygen atoms in total. The molecule has 0 N–H and O–H groups in total. The zero-order valence-corrected chi connectivity index (χ0v) is 18.5. The van der Waals surface area contributed by atoms with Gasteiger partial charge in [0.2, 0.25) is 0 Å². The molecule has 0 aromatic rings. The fraction of sp³-hybridized carbons (Fsp3) is 0.920. The molecule has 0 saturated heterocycles. The summed E-state index contributed by atoms with van der Waals surface area (Å²) >= 11 is 0. The first-order chi connectivity index (χ1) is 13.3. The van der Waals surface area contributed by atoms with Crippen LogP contribution in [0.5, 0.6) is 0 Å². The standard InChI is InChI=1S/C25H40O3/c1-16(8-13-23(27)28-4)19-11-12-20-18-10-9-17-7-5-6-14-24(17,2)21(18)15-22(26)25(19,20)3/h16-21H,5-15H2,1-4H3/t16-,17-,18+,19+,20-,21+,24-,25+/m0/s1. The van der Waals surface area contributed by atoms with Crippen LogP contribution < -0.4 is 0 Å². The number of methoxy groups -OCH3 is 1. The fourth-order valence-electron chi connectivity index (χ4n) is 8.59. The first-order valence-electron chi connectivity index (χ1n) is 11.9. The molecule has 4 fully saturated rings. The van der Waals surface area contributed by atoms with Gasteiger partial charge in [-0.25, -0.2) is 0 Å². The molecule has 0 bridgehead atoms. The van der Waals surface area contributed by atoms with Crippen molar-refractivity contribution in [3.8, 4) is 0 Å². The number of ketones is 1. The zero-order chi connectivity index (χ0) is 20.1. The Morgan fingerprint density at radius 1 is 1.11 bits per heavy atom. The third kappa shape index (κ3) is 2.98. The number of ether oxygens (including phenoxy) is 1. The van der Waals surface area contributed by atoms with Gasteiger partial charge in [-0.3, -0.25) is 9.59 Å². The Balaban J connectivity index is 1.55. The van der Waals surface area contributed by atoms with E-state index in [2.05, 4.69) is 20.8 Å². The smallest absolute Gasteiger partial charge is 0.305 e. The van der Waals surface area contributed by atoms with Crippen LogP contribution in [-0.2, 0) is 14.3 Å². The molecule has 3 heteroatoms. The Kier molecular flexibility index (Phi) is 5.42. The molecule has 8 atom stereocenters. The van der Waals surface area contributed by atoms with Crippen LogP contribution in [0.4, 0.5) is 0 Å². The van der Waals surface area contributed by atoms with Gasteiger partial charge in [0.25, 0.3) is 0 Å². The number of hydrogen-bond acceptors (Lipinski definition) is 3. The summed E-state index contributed by atoms with van der Waals surface area (Å²) in [6.07, 6.45) is 12.8. The Hall–Kier alpha value is -0.860. The van der Waals surface area contributed by atoms with Crippen molar-refractivity contribution in [1.29, 1.82) is 0 Å². The second-order valence-electron chi connectivity index (χ2n) is 11.1. The van der Waals surface area contributed by atoms with Gasteiger partial charge in [-0.05, 0) is 85.9 Å². The number of Topliss-reactive ketones (excluding diaryl/α,β-unsaturated/α-hetero) is 1. The minimum Gasteiger partial charge on any atom is -0.469 e. The van der Waals surface area contributed by atoms with Gasteiger partial charge in [0.1, 0.15) is 5.78 Å². The van der Waals surface area contributed by atoms with Crippen LogP contribution in [0.25, 0.3) is 0 Å². The zero-order valence-electron chi connectivity index (χ0n) is 18.5. The molecule has 0 aromatic carbocycles. The summed E-state index contributed by atoms with van der Waals surface area (Å²) in [6.45, 7) is 7.10. The molecule has 0 aliphatic heterocycles. The summed E-state index contributed by atoms with van der Waals surface area (Å²) in [5, 5.41) is 0. The van der Waals surface area contributed by atoms with Crippen LogP contribution >= 0.6 is 0 Å². The highest BCUT2D eigenvalue weighted by Gasteiger charge is 2.63. The molecular formula is C25H40O3. The second-order valence-corrected chi connectivity index (χ2v) is 11.1. The van der Waals surface area contributed by atoms with Gasteiger partial charge >= 0.3 is 5.97 Å². The van der Waals surface area contributed by atoms with E-state index in [4.69, 9.17) is 4.74 Å². The average molecular weight is 389 g/mol. The van der Waals surface area contributed by atoms with E-state index in [-0.39, 0.29) is 11.4 Å². The Labute approximate surface area is 171 Å². The lowest BCUT2D eigenvalue weighted by Crippen LogP contribution is -2.56. The molecule has 0 aromatic heterocycles. The summed E-state index contributed by atoms with van der Waals surface area (Å²) in [5.74, 6) is 4.09. The van der Waals surface area contributed by atoms with E-state index in [1.807, 2.05) is 0 Å². The number of hydrogen-bond donors (Lipinski definition) is 0. The van der Waals surface area contributed by atoms with Crippen molar-refractivity contribution in [2.24, 2.45) is 46.3 Å². The number of esters is 1. The lowest BCUT2D eigenvalue weighted by Gasteiger charge is -2.60. The maximum atomic E-state index is 13.7. The highest BCUT2D eigenvalue weighted by atomic mass is 16.5. The highest BCUT2D eigenvalue weighted by molar-refractivity contribution is 5.87. The maximum absolute atomic E-state index is 13.7. The van der Waals surface area contributed by atoms with E-state index >= 15 is 0 Å². The van der Waals surface area contributed by atoms with Gasteiger partial charge in [-0.15, -0.1) is 0 Å². The molecule has 158 valence electrons. The highest BCUT2D eigenvalue weighted by Crippen LogP contribution is 2.67. The normalized spacial score (nSPS) is 46.3. The molecular weight excluding hydrogens is 348 g/mol. The largest absolute Gasteiger partial charge is 0.469 e. The van der Waals surface area contributed by atoms with Crippen molar-refractivity contribution in [1.82, 2.24) is 0 Å². The number of carbonyl (C=O) groups excluding carboxylic acids is 2. The molecule has 0 spiro atoms. The van der Waals surface area contributed by atoms with Crippen molar-refractivity contribution in [2.45, 2.75) is 91.4 Å². The van der Waals surface area contributed by atoms with Crippen molar-refractivity contribution >= 4 is 11.8 Å². The Morgan fingerprint density at radius 2 is 1.89 bits per heavy atom. The fourth-order valence-corrected chi connectivity index (χ4v) is 8.59. The van der Waals surface area contributed by atoms with E-state index in [0.29, 0.717) is 41.3 Å². The van der Waals surface area contributed by atoms with E-state index in [1.165, 1.54) is 58.5 Å². The van der Waals surface area contributed by atoms with Crippen LogP contribution in [0.1, 0.15) is 91.4 Å². The third-order valence-corrected chi connectivity index (χ3v) is 10.2. The Bertz CT molecular complexity index is 627. The van der Waals surface area contributed by atoms with Crippen molar-refractivity contribution < 1.29 is 14.3 Å². The maximum Gasteiger partial charge on any atom is 0.305 e. The lowest BCUT2D eigenvalue weighted by molar-refractivity contribution is -0.157. The van der Waals surface area contributed by atoms with Crippen molar-refractivity contribution in [2.75, 3.05) is 7.11 Å². The van der Waals surface area contributed by atoms with Crippen LogP contribution in [0.2, 0.25) is 0 Å². The van der Waals surface area contributed by atoms with Crippen LogP contribution in [0, 0.1) is 46.3 Å². The van der Waals surface area contributed by atoms with Crippen molar-refractivity contribution in [3.63, 3.8) is 0 Å². The van der Waals surface area contributed by atoms with Gasteiger partial charge in [-0.2, -0.15) is 0 Å². The summed E-state index contributed by atoms with van der Waals surface area (Å²) in [5.41, 5.74) is 0.251. The molecule has 4 rings (SSSR count). The summed E-state index contributed by atoms with van der Waals surface area (Å²) < 4.78 is 4.84. The van der Waals surface area contributed by atoms with E-state index in [9.17, 15) is 9.59 Å². The molecule has 28 heavy (non-hydrogen) atoms. The topological polar surface area (TPSA) is 43.4 Å². The first kappa shape index (κ1) is 20.4. The van der Waals surface area contributed by atoms with E-state index in [1.54, 1.807) is 0 Å². The number of rotatable bonds is 4. The average Bonchev–Trinajstić information content (AvgIpc) is 3.05. The molecule has 0 amide bonds. The van der Waals surface area contributed by atoms with Gasteiger partial charge in [0.05, 0.1) is 7.11 Å². The molecule has 4 aliphatic carbocycles. The monoisotopic (exact) mass is 388 g/mol. The quantitative estimate of drug-likeness (QED) is 0.571. The predicted molar refractivity (Wildman–Crippen MR) is 111 cm³/mol. The minimum atomic E-state index is -0.158. The van der Waals surface area contributed by atoms with Crippen LogP contribution in [0.3, 0.4) is 0 Å². The summed E-state index contributed by atoms with van der Waals surface area (Å²) in [6, 6.07) is 0. The van der Waals surface area contributed by atoms with E-state index < -0.39 is 0 Å². The van der Waals surface area contributed by atoms with Gasteiger partial charge < -0.3 is 4.74 Å². The summed E-state index contributed by atoms with van der Waals surface area (Å²) in [4.78, 5) is 25.3. The molecule has 0 radical (unpaired) electrons. The molecule has 4 aliphatic rings. The minimum absolute atomic E-state index is 0.120. The summed E-state index contributed by atoms with van der Waals surface area (Å²) in [7, 11) is 1.47. The third-order valence-electron chi connectivity index (χ3n) is 10.2. The Morgan fingerprint density at radius 3 is 2.64 bits per heavy atom. The van der Waals surface area contributed by atoms with Crippen LogP contribution in [-0.4, -0.2) is 18.9 Å². The first-order valence-corrected chi connectivity index (χ1v) is 11.9. The SMILES string of the molecule is COC(=O)CC[C@H](C)[C@H]1CC[C@H]2[C@H]3CC[C@@H]4CCCC[C@]4(C)[C@@H]3CC(=O)[C@]12C. The number of carbonyl (C=O) groups is 2. The van der Waals surface area contributed by atoms with E-state index in [0.717, 1.165) is 24.7 Å². The van der Waals surface area contributed by atoms with Gasteiger partial charge in [0.15, 0.2) is 0 Å². The molecule has 4 saturated carbocycles. The lowest BCUT2D eigenvalue weighted by atomic mass is 9.44. The van der Waals surface area contributed by atoms with Crippen molar-refractivity contribution in [3.05, 3.63) is 0 Å². The number of fused-ring (bicyclic) bond motifs is 5. The second kappa shape index (κ2) is 7.43. The molecule has 0 heterocycles.